The molecule has 0 fully saturated rings. The van der Waals surface area contributed by atoms with Crippen LogP contribution in [0.5, 0.6) is 0 Å². The molecule has 0 saturated carbocycles. The Hall–Kier alpha value is -0.330. The van der Waals surface area contributed by atoms with E-state index in [-0.39, 0.29) is 5.92 Å². The lowest BCUT2D eigenvalue weighted by atomic mass is 10.1. The molecule has 1 heteroatoms. The number of rotatable bonds is 2. The predicted octanol–water partition coefficient (Wildman–Crippen LogP) is 1.50. The van der Waals surface area contributed by atoms with Crippen molar-refractivity contribution in [1.82, 2.24) is 0 Å². The Morgan fingerprint density at radius 2 is 2.50 bits per heavy atom. The first-order valence-corrected chi connectivity index (χ1v) is 2.15. The summed E-state index contributed by atoms with van der Waals surface area (Å²) in [6.45, 7) is 5.65. The molecule has 0 spiro atoms. The molecule has 0 aliphatic heterocycles. The van der Waals surface area contributed by atoms with Crippen molar-refractivity contribution >= 4 is 6.21 Å². The number of hydrogen-bond donors (Lipinski definition) is 1. The van der Waals surface area contributed by atoms with Crippen LogP contribution < -0.4 is 0 Å². The van der Waals surface area contributed by atoms with Gasteiger partial charge in [0.25, 0.3) is 0 Å². The third-order valence-electron chi connectivity index (χ3n) is 0.760. The summed E-state index contributed by atoms with van der Waals surface area (Å²) in [5.41, 5.74) is 0. The molecule has 1 nitrogen and oxygen atoms in total. The van der Waals surface area contributed by atoms with E-state index in [2.05, 4.69) is 6.92 Å². The molecular formula is C5H10N. The largest absolute Gasteiger partial charge is 0.313 e. The van der Waals surface area contributed by atoms with Crippen LogP contribution in [-0.2, 0) is 0 Å². The van der Waals surface area contributed by atoms with Crippen molar-refractivity contribution in [2.75, 3.05) is 0 Å². The molecule has 0 rings (SSSR count). The fraction of sp³-hybridized carbons (Fsp3) is 0.600. The standard InChI is InChI=1S/C5H10N/c1-3-5(2)4-6/h4-6H,2-3H2,1H3. The molecule has 0 aliphatic carbocycles. The van der Waals surface area contributed by atoms with E-state index in [0.717, 1.165) is 6.42 Å². The van der Waals surface area contributed by atoms with E-state index < -0.39 is 0 Å². The fourth-order valence-electron chi connectivity index (χ4n) is 0.118. The molecule has 6 heavy (non-hydrogen) atoms. The smallest absolute Gasteiger partial charge is 0.00168 e. The van der Waals surface area contributed by atoms with Crippen molar-refractivity contribution < 1.29 is 0 Å². The zero-order chi connectivity index (χ0) is 4.99. The average Bonchev–Trinajstić information content (AvgIpc) is 1.65. The Balaban J connectivity index is 2.96. The van der Waals surface area contributed by atoms with E-state index in [4.69, 9.17) is 5.41 Å². The molecule has 35 valence electrons. The summed E-state index contributed by atoms with van der Waals surface area (Å²) in [5.74, 6) is 0.227. The van der Waals surface area contributed by atoms with E-state index in [9.17, 15) is 0 Å². The summed E-state index contributed by atoms with van der Waals surface area (Å²) in [4.78, 5) is 0. The SMILES string of the molecule is [CH2]C(C=N)CC. The van der Waals surface area contributed by atoms with E-state index >= 15 is 0 Å². The summed E-state index contributed by atoms with van der Waals surface area (Å²) in [6.07, 6.45) is 2.34. The Morgan fingerprint density at radius 1 is 2.00 bits per heavy atom. The second-order valence-electron chi connectivity index (χ2n) is 1.33. The predicted molar refractivity (Wildman–Crippen MR) is 27.9 cm³/mol. The van der Waals surface area contributed by atoms with Crippen LogP contribution in [-0.4, -0.2) is 6.21 Å². The second kappa shape index (κ2) is 2.88. The highest BCUT2D eigenvalue weighted by Crippen LogP contribution is 1.91. The normalized spacial score (nSPS) is 13.7. The molecule has 0 aromatic heterocycles. The maximum Gasteiger partial charge on any atom is -0.00168 e. The van der Waals surface area contributed by atoms with Crippen molar-refractivity contribution in [2.45, 2.75) is 13.3 Å². The zero-order valence-electron chi connectivity index (χ0n) is 4.07. The number of nitrogens with one attached hydrogen (secondary N) is 1. The maximum absolute atomic E-state index is 6.62. The van der Waals surface area contributed by atoms with Crippen LogP contribution >= 0.6 is 0 Å². The minimum absolute atomic E-state index is 0.227. The van der Waals surface area contributed by atoms with Crippen molar-refractivity contribution in [3.8, 4) is 0 Å². The molecule has 0 aromatic carbocycles. The van der Waals surface area contributed by atoms with Crippen molar-refractivity contribution in [1.29, 1.82) is 5.41 Å². The zero-order valence-corrected chi connectivity index (χ0v) is 4.07. The molecule has 1 unspecified atom stereocenters. The van der Waals surface area contributed by atoms with Gasteiger partial charge < -0.3 is 5.41 Å². The second-order valence-corrected chi connectivity index (χ2v) is 1.33. The van der Waals surface area contributed by atoms with Gasteiger partial charge in [-0.3, -0.25) is 0 Å². The van der Waals surface area contributed by atoms with Crippen LogP contribution in [0.25, 0.3) is 0 Å². The minimum Gasteiger partial charge on any atom is -0.313 e. The first-order chi connectivity index (χ1) is 2.81. The van der Waals surface area contributed by atoms with E-state index in [0.29, 0.717) is 0 Å². The molecule has 0 heterocycles. The van der Waals surface area contributed by atoms with Crippen molar-refractivity contribution in [2.24, 2.45) is 5.92 Å². The highest BCUT2D eigenvalue weighted by atomic mass is 14.3. The van der Waals surface area contributed by atoms with Crippen LogP contribution in [0.2, 0.25) is 0 Å². The topological polar surface area (TPSA) is 23.9 Å². The summed E-state index contributed by atoms with van der Waals surface area (Å²) in [5, 5.41) is 6.62. The Morgan fingerprint density at radius 3 is 2.50 bits per heavy atom. The van der Waals surface area contributed by atoms with Gasteiger partial charge in [-0.25, -0.2) is 0 Å². The fourth-order valence-corrected chi connectivity index (χ4v) is 0.118. The van der Waals surface area contributed by atoms with Gasteiger partial charge in [0.05, 0.1) is 0 Å². The number of hydrogen-bond acceptors (Lipinski definition) is 1. The van der Waals surface area contributed by atoms with Crippen LogP contribution in [0.15, 0.2) is 0 Å². The van der Waals surface area contributed by atoms with Gasteiger partial charge in [-0.05, 0) is 25.5 Å². The Labute approximate surface area is 38.9 Å². The lowest BCUT2D eigenvalue weighted by molar-refractivity contribution is 0.824. The molecule has 0 amide bonds. The van der Waals surface area contributed by atoms with E-state index in [1.165, 1.54) is 6.21 Å². The van der Waals surface area contributed by atoms with Crippen LogP contribution in [0.3, 0.4) is 0 Å². The molecule has 1 atom stereocenters. The van der Waals surface area contributed by atoms with Gasteiger partial charge in [0, 0.05) is 0 Å². The molecule has 0 saturated heterocycles. The van der Waals surface area contributed by atoms with Gasteiger partial charge in [-0.2, -0.15) is 0 Å². The molecule has 1 radical (unpaired) electrons. The third kappa shape index (κ3) is 1.94. The minimum atomic E-state index is 0.227. The molecule has 1 N–H and O–H groups in total. The van der Waals surface area contributed by atoms with E-state index in [1.54, 1.807) is 0 Å². The van der Waals surface area contributed by atoms with Crippen molar-refractivity contribution in [3.05, 3.63) is 6.92 Å². The first kappa shape index (κ1) is 5.67. The lowest BCUT2D eigenvalue weighted by Crippen LogP contribution is -1.89. The highest BCUT2D eigenvalue weighted by molar-refractivity contribution is 5.57. The Bertz CT molecular complexity index is 41.2. The van der Waals surface area contributed by atoms with Gasteiger partial charge in [-0.15, -0.1) is 0 Å². The van der Waals surface area contributed by atoms with Crippen molar-refractivity contribution in [3.63, 3.8) is 0 Å². The van der Waals surface area contributed by atoms with Gasteiger partial charge in [-0.1, -0.05) is 6.92 Å². The average molecular weight is 84.1 g/mol. The van der Waals surface area contributed by atoms with Gasteiger partial charge in [0.1, 0.15) is 0 Å². The summed E-state index contributed by atoms with van der Waals surface area (Å²) >= 11 is 0. The van der Waals surface area contributed by atoms with Crippen LogP contribution in [0.1, 0.15) is 13.3 Å². The maximum atomic E-state index is 6.62. The summed E-state index contributed by atoms with van der Waals surface area (Å²) in [6, 6.07) is 0. The van der Waals surface area contributed by atoms with E-state index in [1.807, 2.05) is 6.92 Å². The molecule has 0 bridgehead atoms. The molecular weight excluding hydrogens is 74.1 g/mol. The van der Waals surface area contributed by atoms with Crippen LogP contribution in [0.4, 0.5) is 0 Å². The lowest BCUT2D eigenvalue weighted by Gasteiger charge is -1.92. The van der Waals surface area contributed by atoms with Gasteiger partial charge >= 0.3 is 0 Å². The first-order valence-electron chi connectivity index (χ1n) is 2.15. The van der Waals surface area contributed by atoms with Crippen LogP contribution in [0, 0.1) is 18.3 Å². The molecule has 0 aromatic rings. The summed E-state index contributed by atoms with van der Waals surface area (Å²) in [7, 11) is 0. The monoisotopic (exact) mass is 84.1 g/mol. The van der Waals surface area contributed by atoms with Gasteiger partial charge in [0.2, 0.25) is 0 Å². The quantitative estimate of drug-likeness (QED) is 0.490. The Kier molecular flexibility index (Phi) is 2.73. The highest BCUT2D eigenvalue weighted by Gasteiger charge is 1.86. The third-order valence-corrected chi connectivity index (χ3v) is 0.760. The molecule has 0 aliphatic rings. The van der Waals surface area contributed by atoms with Gasteiger partial charge in [0.15, 0.2) is 0 Å². The summed E-state index contributed by atoms with van der Waals surface area (Å²) < 4.78 is 0.